The van der Waals surface area contributed by atoms with E-state index in [0.29, 0.717) is 17.0 Å². The van der Waals surface area contributed by atoms with Crippen LogP contribution in [-0.4, -0.2) is 14.2 Å². The van der Waals surface area contributed by atoms with Crippen molar-refractivity contribution >= 4 is 15.5 Å². The lowest BCUT2D eigenvalue weighted by Gasteiger charge is -2.05. The molecule has 0 aliphatic heterocycles. The molecule has 0 aliphatic rings. The second kappa shape index (κ2) is 4.00. The first-order valence-corrected chi connectivity index (χ1v) is 6.21. The van der Waals surface area contributed by atoms with Crippen LogP contribution in [0.2, 0.25) is 0 Å². The van der Waals surface area contributed by atoms with E-state index in [1.807, 2.05) is 6.92 Å². The first-order valence-electron chi connectivity index (χ1n) is 4.56. The Hall–Kier alpha value is -1.03. The van der Waals surface area contributed by atoms with Gasteiger partial charge in [0, 0.05) is 5.69 Å². The van der Waals surface area contributed by atoms with Crippen LogP contribution in [0.3, 0.4) is 0 Å². The fraction of sp³-hybridized carbons (Fsp3) is 0.400. The lowest BCUT2D eigenvalue weighted by molar-refractivity contribution is 0.594. The maximum Gasteiger partial charge on any atom is 0.178 e. The number of sulfone groups is 1. The summed E-state index contributed by atoms with van der Waals surface area (Å²) in [5.41, 5.74) is 7.04. The Bertz CT molecular complexity index is 424. The third-order valence-electron chi connectivity index (χ3n) is 2.07. The molecule has 0 saturated heterocycles. The van der Waals surface area contributed by atoms with E-state index in [0.717, 1.165) is 5.56 Å². The van der Waals surface area contributed by atoms with Gasteiger partial charge in [0.1, 0.15) is 0 Å². The predicted molar refractivity (Wildman–Crippen MR) is 57.9 cm³/mol. The summed E-state index contributed by atoms with van der Waals surface area (Å²) in [5.74, 6) is 0.191. The van der Waals surface area contributed by atoms with Crippen LogP contribution in [0.25, 0.3) is 0 Å². The van der Waals surface area contributed by atoms with Crippen LogP contribution in [-0.2, 0) is 9.84 Å². The Morgan fingerprint density at radius 1 is 1.36 bits per heavy atom. The first-order chi connectivity index (χ1) is 6.47. The smallest absolute Gasteiger partial charge is 0.178 e. The second-order valence-corrected chi connectivity index (χ2v) is 5.45. The van der Waals surface area contributed by atoms with E-state index >= 15 is 0 Å². The normalized spacial score (nSPS) is 11.6. The molecule has 1 aromatic carbocycles. The van der Waals surface area contributed by atoms with Crippen molar-refractivity contribution in [3.63, 3.8) is 0 Å². The summed E-state index contributed by atoms with van der Waals surface area (Å²) in [5, 5.41) is 0. The Kier molecular flexibility index (Phi) is 3.16. The zero-order valence-electron chi connectivity index (χ0n) is 8.45. The minimum atomic E-state index is -3.11. The summed E-state index contributed by atoms with van der Waals surface area (Å²) in [6, 6.07) is 4.82. The number of hydrogen-bond donors (Lipinski definition) is 1. The summed E-state index contributed by atoms with van der Waals surface area (Å²) >= 11 is 0. The van der Waals surface area contributed by atoms with Crippen molar-refractivity contribution in [1.29, 1.82) is 0 Å². The van der Waals surface area contributed by atoms with Crippen molar-refractivity contribution < 1.29 is 8.42 Å². The number of aryl methyl sites for hydroxylation is 1. The van der Waals surface area contributed by atoms with Crippen LogP contribution in [0, 0.1) is 6.92 Å². The highest BCUT2D eigenvalue weighted by Crippen LogP contribution is 2.18. The molecule has 0 spiro atoms. The van der Waals surface area contributed by atoms with Gasteiger partial charge in [-0.15, -0.1) is 0 Å². The zero-order valence-corrected chi connectivity index (χ0v) is 9.26. The fourth-order valence-corrected chi connectivity index (χ4v) is 2.63. The van der Waals surface area contributed by atoms with Crippen LogP contribution in [0.15, 0.2) is 23.1 Å². The van der Waals surface area contributed by atoms with E-state index in [1.54, 1.807) is 25.1 Å². The average Bonchev–Trinajstić information content (AvgIpc) is 2.09. The van der Waals surface area contributed by atoms with Crippen molar-refractivity contribution in [2.45, 2.75) is 25.2 Å². The lowest BCUT2D eigenvalue weighted by atomic mass is 10.2. The van der Waals surface area contributed by atoms with E-state index in [1.165, 1.54) is 0 Å². The highest BCUT2D eigenvalue weighted by Gasteiger charge is 2.13. The van der Waals surface area contributed by atoms with Gasteiger partial charge in [-0.25, -0.2) is 8.42 Å². The van der Waals surface area contributed by atoms with Gasteiger partial charge in [0.25, 0.3) is 0 Å². The number of rotatable bonds is 3. The van der Waals surface area contributed by atoms with Gasteiger partial charge >= 0.3 is 0 Å². The molecular formula is C10H15NO2S. The van der Waals surface area contributed by atoms with Gasteiger partial charge in [-0.2, -0.15) is 0 Å². The Morgan fingerprint density at radius 2 is 2.00 bits per heavy atom. The fourth-order valence-electron chi connectivity index (χ4n) is 1.23. The third kappa shape index (κ3) is 2.26. The van der Waals surface area contributed by atoms with Gasteiger partial charge in [0.05, 0.1) is 10.6 Å². The summed E-state index contributed by atoms with van der Waals surface area (Å²) in [6.45, 7) is 3.65. The zero-order chi connectivity index (χ0) is 10.8. The van der Waals surface area contributed by atoms with Crippen molar-refractivity contribution in [1.82, 2.24) is 0 Å². The maximum absolute atomic E-state index is 11.7. The van der Waals surface area contributed by atoms with Crippen molar-refractivity contribution in [2.24, 2.45) is 0 Å². The number of anilines is 1. The third-order valence-corrected chi connectivity index (χ3v) is 3.99. The molecule has 0 saturated carbocycles. The van der Waals surface area contributed by atoms with E-state index < -0.39 is 9.84 Å². The maximum atomic E-state index is 11.7. The number of hydrogen-bond acceptors (Lipinski definition) is 3. The van der Waals surface area contributed by atoms with Gasteiger partial charge in [0.2, 0.25) is 0 Å². The molecule has 0 heterocycles. The number of nitrogen functional groups attached to an aromatic ring is 1. The molecule has 4 heteroatoms. The van der Waals surface area contributed by atoms with Crippen molar-refractivity contribution in [3.8, 4) is 0 Å². The molecule has 0 fully saturated rings. The van der Waals surface area contributed by atoms with E-state index in [2.05, 4.69) is 0 Å². The van der Waals surface area contributed by atoms with E-state index in [-0.39, 0.29) is 5.75 Å². The lowest BCUT2D eigenvalue weighted by Crippen LogP contribution is -2.06. The summed E-state index contributed by atoms with van der Waals surface area (Å²) in [4.78, 5) is 0.367. The quantitative estimate of drug-likeness (QED) is 0.778. The highest BCUT2D eigenvalue weighted by atomic mass is 32.2. The Balaban J connectivity index is 3.15. The summed E-state index contributed by atoms with van der Waals surface area (Å²) in [7, 11) is -3.11. The Labute approximate surface area is 84.9 Å². The minimum absolute atomic E-state index is 0.191. The van der Waals surface area contributed by atoms with E-state index in [4.69, 9.17) is 5.73 Å². The molecule has 0 aliphatic carbocycles. The van der Waals surface area contributed by atoms with Gasteiger partial charge in [-0.05, 0) is 37.1 Å². The molecule has 1 aromatic rings. The molecule has 0 bridgehead atoms. The van der Waals surface area contributed by atoms with Crippen LogP contribution >= 0.6 is 0 Å². The predicted octanol–water partition coefficient (Wildman–Crippen LogP) is 1.76. The molecule has 0 radical (unpaired) electrons. The monoisotopic (exact) mass is 213 g/mol. The van der Waals surface area contributed by atoms with Gasteiger partial charge in [-0.3, -0.25) is 0 Å². The van der Waals surface area contributed by atoms with E-state index in [9.17, 15) is 8.42 Å². The Morgan fingerprint density at radius 3 is 2.50 bits per heavy atom. The molecule has 2 N–H and O–H groups in total. The van der Waals surface area contributed by atoms with Gasteiger partial charge in [0.15, 0.2) is 9.84 Å². The molecule has 0 amide bonds. The molecule has 14 heavy (non-hydrogen) atoms. The number of nitrogens with two attached hydrogens (primary N) is 1. The SMILES string of the molecule is CCCS(=O)(=O)c1ccc(N)c(C)c1. The molecule has 0 aromatic heterocycles. The molecule has 0 unspecified atom stereocenters. The summed E-state index contributed by atoms with van der Waals surface area (Å²) in [6.07, 6.45) is 0.631. The highest BCUT2D eigenvalue weighted by molar-refractivity contribution is 7.91. The van der Waals surface area contributed by atoms with Crippen molar-refractivity contribution in [3.05, 3.63) is 23.8 Å². The standard InChI is InChI=1S/C10H15NO2S/c1-3-6-14(12,13)9-4-5-10(11)8(2)7-9/h4-5,7H,3,6,11H2,1-2H3. The van der Waals surface area contributed by atoms with Crippen molar-refractivity contribution in [2.75, 3.05) is 11.5 Å². The average molecular weight is 213 g/mol. The number of benzene rings is 1. The largest absolute Gasteiger partial charge is 0.399 e. The second-order valence-electron chi connectivity index (χ2n) is 3.34. The molecule has 0 atom stereocenters. The van der Waals surface area contributed by atoms with Crippen LogP contribution < -0.4 is 5.73 Å². The molecule has 78 valence electrons. The minimum Gasteiger partial charge on any atom is -0.399 e. The molecular weight excluding hydrogens is 198 g/mol. The summed E-state index contributed by atoms with van der Waals surface area (Å²) < 4.78 is 23.3. The van der Waals surface area contributed by atoms with Gasteiger partial charge < -0.3 is 5.73 Å². The first kappa shape index (κ1) is 11.0. The molecule has 1 rings (SSSR count). The van der Waals surface area contributed by atoms with Crippen LogP contribution in [0.5, 0.6) is 0 Å². The topological polar surface area (TPSA) is 60.2 Å². The van der Waals surface area contributed by atoms with Crippen LogP contribution in [0.1, 0.15) is 18.9 Å². The molecule has 3 nitrogen and oxygen atoms in total. The van der Waals surface area contributed by atoms with Gasteiger partial charge in [-0.1, -0.05) is 6.92 Å². The van der Waals surface area contributed by atoms with Crippen LogP contribution in [0.4, 0.5) is 5.69 Å².